The normalized spacial score (nSPS) is 16.8. The second kappa shape index (κ2) is 7.40. The summed E-state index contributed by atoms with van der Waals surface area (Å²) in [5.41, 5.74) is 0.524. The van der Waals surface area contributed by atoms with Gasteiger partial charge in [-0.2, -0.15) is 0 Å². The van der Waals surface area contributed by atoms with Crippen molar-refractivity contribution in [3.63, 3.8) is 0 Å². The number of amides is 1. The molecule has 0 aromatic heterocycles. The van der Waals surface area contributed by atoms with Crippen molar-refractivity contribution in [2.45, 2.75) is 18.9 Å². The Morgan fingerprint density at radius 3 is 2.71 bits per heavy atom. The van der Waals surface area contributed by atoms with Gasteiger partial charge in [0.15, 0.2) is 0 Å². The molecule has 0 spiro atoms. The molecule has 2 aromatic rings. The van der Waals surface area contributed by atoms with Gasteiger partial charge in [-0.1, -0.05) is 12.1 Å². The number of nitrogens with one attached hydrogen (secondary N) is 2. The number of rotatable bonds is 5. The highest BCUT2D eigenvalue weighted by Crippen LogP contribution is 2.21. The number of hydrogen-bond acceptors (Lipinski definition) is 3. The van der Waals surface area contributed by atoms with Crippen molar-refractivity contribution in [2.75, 3.05) is 23.8 Å². The molecule has 1 atom stereocenters. The molecule has 1 saturated heterocycles. The van der Waals surface area contributed by atoms with E-state index in [0.717, 1.165) is 19.4 Å². The predicted molar refractivity (Wildman–Crippen MR) is 88.2 cm³/mol. The first kappa shape index (κ1) is 16.4. The number of halogens is 2. The van der Waals surface area contributed by atoms with E-state index in [4.69, 9.17) is 4.74 Å². The molecule has 1 unspecified atom stereocenters. The first-order chi connectivity index (χ1) is 11.6. The van der Waals surface area contributed by atoms with Gasteiger partial charge in [0.25, 0.3) is 5.91 Å². The van der Waals surface area contributed by atoms with Gasteiger partial charge in [0.1, 0.15) is 11.6 Å². The molecule has 1 aliphatic heterocycles. The van der Waals surface area contributed by atoms with E-state index in [0.29, 0.717) is 12.2 Å². The van der Waals surface area contributed by atoms with E-state index >= 15 is 0 Å². The van der Waals surface area contributed by atoms with Crippen molar-refractivity contribution in [3.05, 3.63) is 59.7 Å². The third kappa shape index (κ3) is 3.89. The third-order valence-electron chi connectivity index (χ3n) is 3.89. The Hall–Kier alpha value is -2.47. The van der Waals surface area contributed by atoms with E-state index in [1.54, 1.807) is 18.2 Å². The number of carbonyl (C=O) groups excluding carboxylic acids is 1. The largest absolute Gasteiger partial charge is 0.380 e. The van der Waals surface area contributed by atoms with Crippen LogP contribution in [0.3, 0.4) is 0 Å². The Morgan fingerprint density at radius 2 is 2.00 bits per heavy atom. The van der Waals surface area contributed by atoms with Gasteiger partial charge in [-0.25, -0.2) is 8.78 Å². The molecule has 6 heteroatoms. The zero-order chi connectivity index (χ0) is 16.9. The summed E-state index contributed by atoms with van der Waals surface area (Å²) < 4.78 is 33.2. The molecule has 1 heterocycles. The van der Waals surface area contributed by atoms with E-state index in [-0.39, 0.29) is 17.4 Å². The summed E-state index contributed by atoms with van der Waals surface area (Å²) in [6.45, 7) is 1.29. The molecule has 0 aliphatic carbocycles. The third-order valence-corrected chi connectivity index (χ3v) is 3.89. The predicted octanol–water partition coefficient (Wildman–Crippen LogP) is 3.81. The number of carbonyl (C=O) groups is 1. The second-order valence-corrected chi connectivity index (χ2v) is 5.64. The van der Waals surface area contributed by atoms with Gasteiger partial charge in [-0.3, -0.25) is 4.79 Å². The van der Waals surface area contributed by atoms with E-state index in [2.05, 4.69) is 10.6 Å². The van der Waals surface area contributed by atoms with Gasteiger partial charge in [0, 0.05) is 18.8 Å². The maximum absolute atomic E-state index is 14.1. The fraction of sp³-hybridized carbons (Fsp3) is 0.278. The van der Waals surface area contributed by atoms with E-state index in [9.17, 15) is 13.6 Å². The quantitative estimate of drug-likeness (QED) is 0.875. The molecule has 24 heavy (non-hydrogen) atoms. The SMILES string of the molecule is O=C(Nc1ccc(NCC2CCCO2)c(F)c1)c1ccccc1F. The van der Waals surface area contributed by atoms with Crippen LogP contribution in [-0.2, 0) is 4.74 Å². The van der Waals surface area contributed by atoms with E-state index in [1.807, 2.05) is 0 Å². The lowest BCUT2D eigenvalue weighted by molar-refractivity contribution is 0.102. The fourth-order valence-electron chi connectivity index (χ4n) is 2.61. The highest BCUT2D eigenvalue weighted by molar-refractivity contribution is 6.04. The molecule has 4 nitrogen and oxygen atoms in total. The molecule has 1 amide bonds. The molecule has 0 saturated carbocycles. The van der Waals surface area contributed by atoms with Crippen LogP contribution in [0.15, 0.2) is 42.5 Å². The van der Waals surface area contributed by atoms with E-state index in [1.165, 1.54) is 24.3 Å². The Morgan fingerprint density at radius 1 is 1.17 bits per heavy atom. The Labute approximate surface area is 138 Å². The van der Waals surface area contributed by atoms with Crippen molar-refractivity contribution in [3.8, 4) is 0 Å². The number of anilines is 2. The molecule has 2 aromatic carbocycles. The summed E-state index contributed by atoms with van der Waals surface area (Å²) in [6, 6.07) is 9.96. The van der Waals surface area contributed by atoms with Gasteiger partial charge in [-0.05, 0) is 43.2 Å². The molecule has 1 aliphatic rings. The molecule has 126 valence electrons. The van der Waals surface area contributed by atoms with Crippen molar-refractivity contribution in [1.82, 2.24) is 0 Å². The number of hydrogen-bond donors (Lipinski definition) is 2. The Bertz CT molecular complexity index is 731. The lowest BCUT2D eigenvalue weighted by Crippen LogP contribution is -2.19. The van der Waals surface area contributed by atoms with Crippen molar-refractivity contribution >= 4 is 17.3 Å². The maximum atomic E-state index is 14.1. The van der Waals surface area contributed by atoms with Gasteiger partial charge in [0.05, 0.1) is 17.4 Å². The minimum absolute atomic E-state index is 0.0847. The van der Waals surface area contributed by atoms with Gasteiger partial charge in [0.2, 0.25) is 0 Å². The van der Waals surface area contributed by atoms with Crippen molar-refractivity contribution in [2.24, 2.45) is 0 Å². The summed E-state index contributed by atoms with van der Waals surface area (Å²) in [6.07, 6.45) is 2.09. The van der Waals surface area contributed by atoms with Crippen molar-refractivity contribution in [1.29, 1.82) is 0 Å². The zero-order valence-electron chi connectivity index (χ0n) is 13.0. The monoisotopic (exact) mass is 332 g/mol. The second-order valence-electron chi connectivity index (χ2n) is 5.64. The smallest absolute Gasteiger partial charge is 0.258 e. The first-order valence-electron chi connectivity index (χ1n) is 7.84. The minimum atomic E-state index is -0.620. The average Bonchev–Trinajstić information content (AvgIpc) is 3.08. The van der Waals surface area contributed by atoms with Crippen LogP contribution in [0.25, 0.3) is 0 Å². The molecule has 0 radical (unpaired) electrons. The van der Waals surface area contributed by atoms with Crippen LogP contribution in [0.2, 0.25) is 0 Å². The van der Waals surface area contributed by atoms with Crippen LogP contribution in [0, 0.1) is 11.6 Å². The summed E-state index contributed by atoms with van der Waals surface area (Å²) in [5.74, 6) is -1.72. The molecule has 1 fully saturated rings. The average molecular weight is 332 g/mol. The molecule has 2 N–H and O–H groups in total. The summed E-state index contributed by atoms with van der Waals surface area (Å²) in [7, 11) is 0. The van der Waals surface area contributed by atoms with Gasteiger partial charge in [-0.15, -0.1) is 0 Å². The molecular weight excluding hydrogens is 314 g/mol. The Balaban J connectivity index is 1.63. The van der Waals surface area contributed by atoms with E-state index < -0.39 is 17.5 Å². The van der Waals surface area contributed by atoms with Crippen LogP contribution >= 0.6 is 0 Å². The number of benzene rings is 2. The molecular formula is C18H18F2N2O2. The maximum Gasteiger partial charge on any atom is 0.258 e. The van der Waals surface area contributed by atoms with Crippen LogP contribution in [0.4, 0.5) is 20.2 Å². The zero-order valence-corrected chi connectivity index (χ0v) is 13.0. The van der Waals surface area contributed by atoms with Crippen molar-refractivity contribution < 1.29 is 18.3 Å². The highest BCUT2D eigenvalue weighted by atomic mass is 19.1. The molecule has 3 rings (SSSR count). The van der Waals surface area contributed by atoms with Crippen LogP contribution < -0.4 is 10.6 Å². The van der Waals surface area contributed by atoms with Gasteiger partial charge >= 0.3 is 0 Å². The summed E-state index contributed by atoms with van der Waals surface area (Å²) in [4.78, 5) is 12.0. The standard InChI is InChI=1S/C18H18F2N2O2/c19-15-6-2-1-5-14(15)18(23)22-12-7-8-17(16(20)10-12)21-11-13-4-3-9-24-13/h1-2,5-8,10,13,21H,3-4,9,11H2,(H,22,23). The lowest BCUT2D eigenvalue weighted by Gasteiger charge is -2.13. The molecule has 0 bridgehead atoms. The number of ether oxygens (including phenoxy) is 1. The Kier molecular flexibility index (Phi) is 5.05. The topological polar surface area (TPSA) is 50.4 Å². The van der Waals surface area contributed by atoms with Crippen LogP contribution in [-0.4, -0.2) is 25.2 Å². The highest BCUT2D eigenvalue weighted by Gasteiger charge is 2.16. The lowest BCUT2D eigenvalue weighted by atomic mass is 10.2. The minimum Gasteiger partial charge on any atom is -0.380 e. The van der Waals surface area contributed by atoms with Gasteiger partial charge < -0.3 is 15.4 Å². The fourth-order valence-corrected chi connectivity index (χ4v) is 2.61. The first-order valence-corrected chi connectivity index (χ1v) is 7.84. The summed E-state index contributed by atoms with van der Waals surface area (Å²) in [5, 5.41) is 5.50. The van der Waals surface area contributed by atoms with Crippen LogP contribution in [0.5, 0.6) is 0 Å². The van der Waals surface area contributed by atoms with Crippen LogP contribution in [0.1, 0.15) is 23.2 Å². The summed E-state index contributed by atoms with van der Waals surface area (Å²) >= 11 is 0.